The Morgan fingerprint density at radius 1 is 1.21 bits per heavy atom. The first-order chi connectivity index (χ1) is 13.3. The smallest absolute Gasteiger partial charge is 0.248 e. The first-order valence-corrected chi connectivity index (χ1v) is 11.0. The van der Waals surface area contributed by atoms with E-state index in [0.717, 1.165) is 24.0 Å². The molecule has 2 heterocycles. The minimum absolute atomic E-state index is 0.193. The van der Waals surface area contributed by atoms with Crippen LogP contribution in [-0.2, 0) is 14.6 Å². The molecule has 2 aromatic heterocycles. The molecule has 0 radical (unpaired) electrons. The van der Waals surface area contributed by atoms with Crippen molar-refractivity contribution in [1.29, 1.82) is 0 Å². The molecule has 0 N–H and O–H groups in total. The summed E-state index contributed by atoms with van der Waals surface area (Å²) < 4.78 is 33.9. The van der Waals surface area contributed by atoms with Crippen molar-refractivity contribution in [1.82, 2.24) is 19.7 Å². The zero-order chi connectivity index (χ0) is 19.9. The third-order valence-corrected chi connectivity index (χ3v) is 8.37. The third-order valence-electron chi connectivity index (χ3n) is 5.74. The predicted molar refractivity (Wildman–Crippen MR) is 104 cm³/mol. The molecule has 1 fully saturated rings. The molecule has 148 valence electrons. The molecule has 0 spiro atoms. The number of hydrogen-bond acceptors (Lipinski definition) is 6. The molecule has 3 aromatic rings. The van der Waals surface area contributed by atoms with Gasteiger partial charge in [-0.3, -0.25) is 0 Å². The molecule has 0 aliphatic heterocycles. The molecule has 1 aromatic carbocycles. The highest BCUT2D eigenvalue weighted by molar-refractivity contribution is 7.92. The van der Waals surface area contributed by atoms with Gasteiger partial charge in [0.25, 0.3) is 0 Å². The lowest BCUT2D eigenvalue weighted by Gasteiger charge is -2.26. The van der Waals surface area contributed by atoms with Crippen LogP contribution in [0.2, 0.25) is 0 Å². The van der Waals surface area contributed by atoms with Gasteiger partial charge in [0.05, 0.1) is 17.3 Å². The van der Waals surface area contributed by atoms with Crippen molar-refractivity contribution in [2.75, 3.05) is 0 Å². The molecular weight excluding hydrogens is 376 g/mol. The zero-order valence-corrected chi connectivity index (χ0v) is 17.1. The van der Waals surface area contributed by atoms with Gasteiger partial charge in [0, 0.05) is 12.4 Å². The lowest BCUT2D eigenvalue weighted by molar-refractivity contribution is 0.325. The van der Waals surface area contributed by atoms with Gasteiger partial charge in [-0.2, -0.15) is 4.98 Å². The van der Waals surface area contributed by atoms with E-state index in [9.17, 15) is 8.42 Å². The van der Waals surface area contributed by atoms with Gasteiger partial charge in [-0.05, 0) is 50.8 Å². The molecule has 8 heteroatoms. The predicted octanol–water partition coefficient (Wildman–Crippen LogP) is 3.74. The van der Waals surface area contributed by atoms with Crippen LogP contribution in [0.3, 0.4) is 0 Å². The van der Waals surface area contributed by atoms with Gasteiger partial charge in [0.2, 0.25) is 5.89 Å². The summed E-state index contributed by atoms with van der Waals surface area (Å²) in [4.78, 5) is 8.96. The first kappa shape index (κ1) is 18.9. The van der Waals surface area contributed by atoms with Crippen molar-refractivity contribution >= 4 is 9.84 Å². The standard InChI is InChI=1S/C20H24N4O3S/c1-14-6-7-15(2)17(12-14)28(25,26)20(8-4-5-9-20)19-22-18(23-27-19)16(3)24-11-10-21-13-24/h6-7,10-13,16H,4-5,8-9H2,1-3H3/t16-/m1/s1. The van der Waals surface area contributed by atoms with Crippen molar-refractivity contribution in [2.24, 2.45) is 0 Å². The second-order valence-electron chi connectivity index (χ2n) is 7.62. The van der Waals surface area contributed by atoms with Crippen LogP contribution >= 0.6 is 0 Å². The van der Waals surface area contributed by atoms with E-state index in [1.807, 2.05) is 43.7 Å². The summed E-state index contributed by atoms with van der Waals surface area (Å²) >= 11 is 0. The Balaban J connectivity index is 1.80. The van der Waals surface area contributed by atoms with E-state index in [2.05, 4.69) is 15.1 Å². The highest BCUT2D eigenvalue weighted by Crippen LogP contribution is 2.48. The van der Waals surface area contributed by atoms with Gasteiger partial charge in [-0.15, -0.1) is 0 Å². The van der Waals surface area contributed by atoms with Crippen molar-refractivity contribution in [3.63, 3.8) is 0 Å². The monoisotopic (exact) mass is 400 g/mol. The molecule has 1 aliphatic carbocycles. The Kier molecular flexibility index (Phi) is 4.61. The topological polar surface area (TPSA) is 90.9 Å². The number of aryl methyl sites for hydroxylation is 2. The summed E-state index contributed by atoms with van der Waals surface area (Å²) in [5, 5.41) is 4.11. The first-order valence-electron chi connectivity index (χ1n) is 9.48. The lowest BCUT2D eigenvalue weighted by Crippen LogP contribution is -2.34. The Morgan fingerprint density at radius 3 is 2.64 bits per heavy atom. The third kappa shape index (κ3) is 2.87. The molecular formula is C20H24N4O3S. The van der Waals surface area contributed by atoms with E-state index in [4.69, 9.17) is 4.52 Å². The summed E-state index contributed by atoms with van der Waals surface area (Å²) in [6, 6.07) is 5.33. The maximum atomic E-state index is 13.8. The number of hydrogen-bond donors (Lipinski definition) is 0. The fourth-order valence-corrected chi connectivity index (χ4v) is 6.37. The van der Waals surface area contributed by atoms with Crippen LogP contribution in [0.5, 0.6) is 0 Å². The minimum atomic E-state index is -3.69. The maximum absolute atomic E-state index is 13.8. The van der Waals surface area contributed by atoms with E-state index >= 15 is 0 Å². The number of sulfone groups is 1. The number of benzene rings is 1. The average Bonchev–Trinajstić information content (AvgIpc) is 3.43. The molecule has 4 rings (SSSR count). The second-order valence-corrected chi connectivity index (χ2v) is 9.85. The van der Waals surface area contributed by atoms with E-state index in [1.54, 1.807) is 18.6 Å². The zero-order valence-electron chi connectivity index (χ0n) is 16.3. The van der Waals surface area contributed by atoms with Crippen LogP contribution in [0.1, 0.15) is 61.5 Å². The van der Waals surface area contributed by atoms with Gasteiger partial charge in [0.15, 0.2) is 20.4 Å². The van der Waals surface area contributed by atoms with Crippen molar-refractivity contribution in [3.05, 3.63) is 59.8 Å². The van der Waals surface area contributed by atoms with Gasteiger partial charge < -0.3 is 9.09 Å². The van der Waals surface area contributed by atoms with Crippen molar-refractivity contribution in [3.8, 4) is 0 Å². The van der Waals surface area contributed by atoms with Crippen molar-refractivity contribution in [2.45, 2.75) is 62.1 Å². The highest BCUT2D eigenvalue weighted by atomic mass is 32.2. The fraction of sp³-hybridized carbons (Fsp3) is 0.450. The molecule has 0 unspecified atom stereocenters. The largest absolute Gasteiger partial charge is 0.337 e. The average molecular weight is 401 g/mol. The number of rotatable bonds is 5. The van der Waals surface area contributed by atoms with E-state index in [1.165, 1.54) is 0 Å². The van der Waals surface area contributed by atoms with Crippen LogP contribution in [-0.4, -0.2) is 28.1 Å². The Morgan fingerprint density at radius 2 is 1.96 bits per heavy atom. The van der Waals surface area contributed by atoms with E-state index in [0.29, 0.717) is 23.6 Å². The fourth-order valence-electron chi connectivity index (χ4n) is 3.97. The summed E-state index contributed by atoms with van der Waals surface area (Å²) in [7, 11) is -3.69. The summed E-state index contributed by atoms with van der Waals surface area (Å²) in [5.41, 5.74) is 1.65. The molecule has 28 heavy (non-hydrogen) atoms. The number of aromatic nitrogens is 4. The van der Waals surface area contributed by atoms with E-state index in [-0.39, 0.29) is 11.9 Å². The molecule has 1 saturated carbocycles. The Bertz CT molecular complexity index is 1080. The van der Waals surface area contributed by atoms with Crippen LogP contribution in [0.25, 0.3) is 0 Å². The SMILES string of the molecule is Cc1ccc(C)c(S(=O)(=O)C2(c3nc([C@@H](C)n4ccnc4)no3)CCCC2)c1. The summed E-state index contributed by atoms with van der Waals surface area (Å²) in [6.07, 6.45) is 7.80. The Hall–Kier alpha value is -2.48. The van der Waals surface area contributed by atoms with Crippen molar-refractivity contribution < 1.29 is 12.9 Å². The van der Waals surface area contributed by atoms with Crippen LogP contribution in [0.4, 0.5) is 0 Å². The van der Waals surface area contributed by atoms with Crippen LogP contribution in [0, 0.1) is 13.8 Å². The highest BCUT2D eigenvalue weighted by Gasteiger charge is 2.53. The number of nitrogens with zero attached hydrogens (tertiary/aromatic N) is 4. The summed E-state index contributed by atoms with van der Waals surface area (Å²) in [5.74, 6) is 0.656. The van der Waals surface area contributed by atoms with Crippen LogP contribution < -0.4 is 0 Å². The minimum Gasteiger partial charge on any atom is -0.337 e. The van der Waals surface area contributed by atoms with Gasteiger partial charge >= 0.3 is 0 Å². The number of imidazole rings is 1. The molecule has 7 nitrogen and oxygen atoms in total. The van der Waals surface area contributed by atoms with Gasteiger partial charge in [-0.25, -0.2) is 13.4 Å². The molecule has 1 aliphatic rings. The quantitative estimate of drug-likeness (QED) is 0.648. The maximum Gasteiger partial charge on any atom is 0.248 e. The molecule has 0 bridgehead atoms. The molecule has 0 amide bonds. The van der Waals surface area contributed by atoms with E-state index < -0.39 is 14.6 Å². The normalized spacial score (nSPS) is 17.7. The lowest BCUT2D eigenvalue weighted by atomic mass is 10.1. The molecule has 1 atom stereocenters. The van der Waals surface area contributed by atoms with Crippen LogP contribution in [0.15, 0.2) is 46.3 Å². The Labute approximate surface area is 164 Å². The van der Waals surface area contributed by atoms with Gasteiger partial charge in [0.1, 0.15) is 0 Å². The summed E-state index contributed by atoms with van der Waals surface area (Å²) in [6.45, 7) is 5.66. The van der Waals surface area contributed by atoms with Gasteiger partial charge in [-0.1, -0.05) is 30.1 Å². The molecule has 0 saturated heterocycles. The second kappa shape index (κ2) is 6.84.